The fraction of sp³-hybridized carbons (Fsp3) is 0.391. The Morgan fingerprint density at radius 3 is 2.82 bits per heavy atom. The van der Waals surface area contributed by atoms with Gasteiger partial charge in [0.15, 0.2) is 5.65 Å². The lowest BCUT2D eigenvalue weighted by atomic mass is 10.1. The van der Waals surface area contributed by atoms with Crippen molar-refractivity contribution in [1.82, 2.24) is 29.5 Å². The minimum Gasteiger partial charge on any atom is -0.383 e. The van der Waals surface area contributed by atoms with E-state index >= 15 is 0 Å². The van der Waals surface area contributed by atoms with E-state index in [-0.39, 0.29) is 29.0 Å². The van der Waals surface area contributed by atoms with E-state index in [9.17, 15) is 18.0 Å². The number of amides is 1. The van der Waals surface area contributed by atoms with Gasteiger partial charge < -0.3 is 15.5 Å². The van der Waals surface area contributed by atoms with Crippen LogP contribution in [0.15, 0.2) is 42.7 Å². The van der Waals surface area contributed by atoms with Crippen LogP contribution < -0.4 is 5.73 Å². The van der Waals surface area contributed by atoms with Crippen LogP contribution in [0.25, 0.3) is 22.3 Å². The summed E-state index contributed by atoms with van der Waals surface area (Å²) in [4.78, 5) is 24.7. The predicted molar refractivity (Wildman–Crippen MR) is 123 cm³/mol. The number of nitrogens with zero attached hydrogens (tertiary/aromatic N) is 6. The van der Waals surface area contributed by atoms with Gasteiger partial charge in [-0.15, -0.1) is 0 Å². The summed E-state index contributed by atoms with van der Waals surface area (Å²) in [5.41, 5.74) is 6.33. The lowest BCUT2D eigenvalue weighted by Gasteiger charge is -2.32. The average molecular weight is 474 g/mol. The summed E-state index contributed by atoms with van der Waals surface area (Å²) in [6, 6.07) is 4.75. The van der Waals surface area contributed by atoms with E-state index in [1.807, 2.05) is 25.1 Å². The van der Waals surface area contributed by atoms with E-state index in [0.717, 1.165) is 25.0 Å². The van der Waals surface area contributed by atoms with Gasteiger partial charge in [0.1, 0.15) is 17.8 Å². The average Bonchev–Trinajstić information content (AvgIpc) is 3.19. The number of aromatic nitrogens is 4. The number of nitrogen functional groups attached to an aromatic ring is 1. The number of halogens is 3. The molecule has 1 aliphatic rings. The highest BCUT2D eigenvalue weighted by Gasteiger charge is 2.32. The van der Waals surface area contributed by atoms with Gasteiger partial charge in [0.05, 0.1) is 17.0 Å². The number of nitrogens with two attached hydrogens (primary N) is 1. The second kappa shape index (κ2) is 9.41. The third kappa shape index (κ3) is 4.89. The maximum atomic E-state index is 13.3. The highest BCUT2D eigenvalue weighted by molar-refractivity contribution is 5.98. The quantitative estimate of drug-likeness (QED) is 0.571. The van der Waals surface area contributed by atoms with Gasteiger partial charge in [-0.05, 0) is 39.1 Å². The first-order valence-electron chi connectivity index (χ1n) is 10.9. The van der Waals surface area contributed by atoms with Gasteiger partial charge in [-0.25, -0.2) is 14.6 Å². The van der Waals surface area contributed by atoms with Gasteiger partial charge in [-0.3, -0.25) is 4.79 Å². The molecule has 11 heteroatoms. The molecule has 1 unspecified atom stereocenters. The molecule has 0 bridgehead atoms. The molecule has 1 fully saturated rings. The molecule has 2 aromatic heterocycles. The molecule has 180 valence electrons. The predicted octanol–water partition coefficient (Wildman–Crippen LogP) is 3.38. The smallest absolute Gasteiger partial charge is 0.383 e. The number of rotatable bonds is 5. The maximum Gasteiger partial charge on any atom is 0.416 e. The number of piperidine rings is 1. The molecule has 0 spiro atoms. The third-order valence-electron chi connectivity index (χ3n) is 5.77. The molecule has 2 N–H and O–H groups in total. The van der Waals surface area contributed by atoms with Gasteiger partial charge in [0.2, 0.25) is 5.91 Å². The minimum absolute atomic E-state index is 0.0877. The molecule has 1 aromatic carbocycles. The molecular formula is C23H26F3N7O. The molecule has 0 radical (unpaired) electrons. The monoisotopic (exact) mass is 473 g/mol. The van der Waals surface area contributed by atoms with Gasteiger partial charge in [0, 0.05) is 31.3 Å². The Hall–Kier alpha value is -3.47. The van der Waals surface area contributed by atoms with E-state index in [1.54, 1.807) is 21.7 Å². The molecule has 3 aromatic rings. The summed E-state index contributed by atoms with van der Waals surface area (Å²) >= 11 is 0. The fourth-order valence-electron chi connectivity index (χ4n) is 4.12. The van der Waals surface area contributed by atoms with Crippen molar-refractivity contribution in [1.29, 1.82) is 0 Å². The first-order valence-corrected chi connectivity index (χ1v) is 10.9. The number of fused-ring (bicyclic) bond motifs is 1. The van der Waals surface area contributed by atoms with E-state index in [1.165, 1.54) is 12.4 Å². The minimum atomic E-state index is -4.49. The van der Waals surface area contributed by atoms with Crippen LogP contribution in [0, 0.1) is 0 Å². The fourth-order valence-corrected chi connectivity index (χ4v) is 4.12. The van der Waals surface area contributed by atoms with Gasteiger partial charge >= 0.3 is 6.18 Å². The van der Waals surface area contributed by atoms with E-state index in [2.05, 4.69) is 15.1 Å². The number of carbonyl (C=O) groups excluding carboxylic acids is 1. The number of likely N-dealkylation sites (N-methyl/N-ethyl adjacent to an activating group) is 1. The van der Waals surface area contributed by atoms with Crippen LogP contribution in [0.4, 0.5) is 19.0 Å². The molecule has 8 nitrogen and oxygen atoms in total. The van der Waals surface area contributed by atoms with Crippen LogP contribution in [0.5, 0.6) is 0 Å². The lowest BCUT2D eigenvalue weighted by Crippen LogP contribution is -2.40. The summed E-state index contributed by atoms with van der Waals surface area (Å²) in [5, 5.41) is 5.05. The van der Waals surface area contributed by atoms with Crippen LogP contribution in [-0.2, 0) is 11.0 Å². The molecule has 1 amide bonds. The van der Waals surface area contributed by atoms with Gasteiger partial charge in [-0.1, -0.05) is 18.2 Å². The number of hydrogen-bond donors (Lipinski definition) is 1. The molecule has 1 saturated heterocycles. The van der Waals surface area contributed by atoms with Gasteiger partial charge in [0.25, 0.3) is 0 Å². The van der Waals surface area contributed by atoms with E-state index < -0.39 is 11.7 Å². The first-order chi connectivity index (χ1) is 16.1. The summed E-state index contributed by atoms with van der Waals surface area (Å²) in [6.07, 6.45) is 1.71. The zero-order valence-corrected chi connectivity index (χ0v) is 19.0. The molecule has 0 saturated carbocycles. The molecule has 1 atom stereocenters. The largest absolute Gasteiger partial charge is 0.416 e. The molecule has 34 heavy (non-hydrogen) atoms. The summed E-state index contributed by atoms with van der Waals surface area (Å²) in [5.74, 6) is 0.0503. The SMILES string of the molecule is CN(C)CC=CC(=O)N1CCCC(n2nc(-c3cccc(C(F)(F)F)c3)c3c(N)ncnc32)C1. The van der Waals surface area contributed by atoms with Crippen molar-refractivity contribution < 1.29 is 18.0 Å². The highest BCUT2D eigenvalue weighted by Crippen LogP contribution is 2.36. The Morgan fingerprint density at radius 2 is 2.09 bits per heavy atom. The number of alkyl halides is 3. The van der Waals surface area contributed by atoms with Crippen LogP contribution >= 0.6 is 0 Å². The van der Waals surface area contributed by atoms with Crippen molar-refractivity contribution >= 4 is 22.8 Å². The Bertz CT molecular complexity index is 1220. The second-order valence-electron chi connectivity index (χ2n) is 8.57. The van der Waals surface area contributed by atoms with Crippen molar-refractivity contribution in [2.45, 2.75) is 25.1 Å². The molecule has 4 rings (SSSR count). The Kier molecular flexibility index (Phi) is 6.56. The van der Waals surface area contributed by atoms with Crippen LogP contribution in [0.3, 0.4) is 0 Å². The molecule has 3 heterocycles. The summed E-state index contributed by atoms with van der Waals surface area (Å²) < 4.78 is 41.6. The van der Waals surface area contributed by atoms with Crippen LogP contribution in [-0.4, -0.2) is 69.2 Å². The number of hydrogen-bond acceptors (Lipinski definition) is 6. The van der Waals surface area contributed by atoms with Crippen LogP contribution in [0.2, 0.25) is 0 Å². The molecular weight excluding hydrogens is 447 g/mol. The van der Waals surface area contributed by atoms with Gasteiger partial charge in [-0.2, -0.15) is 18.3 Å². The zero-order valence-electron chi connectivity index (χ0n) is 19.0. The topological polar surface area (TPSA) is 93.2 Å². The number of carbonyl (C=O) groups is 1. The summed E-state index contributed by atoms with van der Waals surface area (Å²) in [6.45, 7) is 1.69. The van der Waals surface area contributed by atoms with Crippen molar-refractivity contribution in [2.75, 3.05) is 39.5 Å². The van der Waals surface area contributed by atoms with Crippen LogP contribution in [0.1, 0.15) is 24.4 Å². The number of benzene rings is 1. The van der Waals surface area contributed by atoms with Crippen molar-refractivity contribution in [3.8, 4) is 11.3 Å². The molecule has 0 aliphatic carbocycles. The lowest BCUT2D eigenvalue weighted by molar-refractivity contribution is -0.137. The normalized spacial score (nSPS) is 17.2. The van der Waals surface area contributed by atoms with Crippen molar-refractivity contribution in [3.63, 3.8) is 0 Å². The summed E-state index contributed by atoms with van der Waals surface area (Å²) in [7, 11) is 3.84. The highest BCUT2D eigenvalue weighted by atomic mass is 19.4. The maximum absolute atomic E-state index is 13.3. The van der Waals surface area contributed by atoms with Crippen molar-refractivity contribution in [2.24, 2.45) is 0 Å². The van der Waals surface area contributed by atoms with E-state index in [0.29, 0.717) is 30.7 Å². The second-order valence-corrected chi connectivity index (χ2v) is 8.57. The van der Waals surface area contributed by atoms with E-state index in [4.69, 9.17) is 5.73 Å². The Morgan fingerprint density at radius 1 is 1.29 bits per heavy atom. The molecule has 1 aliphatic heterocycles. The third-order valence-corrected chi connectivity index (χ3v) is 5.77. The zero-order chi connectivity index (χ0) is 24.5. The number of anilines is 1. The Balaban J connectivity index is 1.70. The number of likely N-dealkylation sites (tertiary alicyclic amines) is 1. The first kappa shape index (κ1) is 23.7. The Labute approximate surface area is 194 Å². The standard InChI is InChI=1S/C23H26F3N7O/c1-31(2)10-5-9-18(34)32-11-4-8-17(13-32)33-22-19(21(27)28-14-29-22)20(30-33)15-6-3-7-16(12-15)23(24,25)26/h3,5-7,9,12,14,17H,4,8,10-11,13H2,1-2H3,(H2,27,28,29). The van der Waals surface area contributed by atoms with Crippen molar-refractivity contribution in [3.05, 3.63) is 48.3 Å².